The van der Waals surface area contributed by atoms with E-state index in [1.54, 1.807) is 11.7 Å². The number of anilines is 2. The van der Waals surface area contributed by atoms with Crippen molar-refractivity contribution in [1.29, 1.82) is 0 Å². The molecule has 2 heterocycles. The molecule has 2 rings (SSSR count). The van der Waals surface area contributed by atoms with Crippen molar-refractivity contribution in [3.05, 3.63) is 22.9 Å². The molecule has 2 aromatic heterocycles. The number of nitrogens with zero attached hydrogens (tertiary/aromatic N) is 6. The first-order valence-corrected chi connectivity index (χ1v) is 7.90. The SMILES string of the molecule is [B]N(C)c1cc(C)c(N=Nc2c(C)c(CC(C)C)nn2C)c(N)n1. The zero-order valence-corrected chi connectivity index (χ0v) is 15.2. The highest BCUT2D eigenvalue weighted by Gasteiger charge is 2.14. The quantitative estimate of drug-likeness (QED) is 0.676. The third kappa shape index (κ3) is 3.75. The van der Waals surface area contributed by atoms with Gasteiger partial charge in [-0.3, -0.25) is 0 Å². The van der Waals surface area contributed by atoms with Crippen LogP contribution in [0.5, 0.6) is 0 Å². The van der Waals surface area contributed by atoms with E-state index in [2.05, 4.69) is 34.2 Å². The monoisotopic (exact) mass is 325 g/mol. The van der Waals surface area contributed by atoms with E-state index in [1.165, 1.54) is 4.81 Å². The van der Waals surface area contributed by atoms with E-state index >= 15 is 0 Å². The lowest BCUT2D eigenvalue weighted by molar-refractivity contribution is 0.619. The van der Waals surface area contributed by atoms with Crippen LogP contribution in [0.4, 0.5) is 23.1 Å². The first kappa shape index (κ1) is 18.0. The van der Waals surface area contributed by atoms with Crippen LogP contribution in [0.15, 0.2) is 16.3 Å². The molecule has 2 N–H and O–H groups in total. The lowest BCUT2D eigenvalue weighted by Crippen LogP contribution is -2.14. The predicted molar refractivity (Wildman–Crippen MR) is 98.2 cm³/mol. The van der Waals surface area contributed by atoms with Crippen molar-refractivity contribution in [2.45, 2.75) is 34.1 Å². The van der Waals surface area contributed by atoms with Crippen LogP contribution in [-0.4, -0.2) is 29.8 Å². The number of hydrogen-bond acceptors (Lipinski definition) is 6. The Bertz CT molecular complexity index is 739. The first-order chi connectivity index (χ1) is 11.2. The average Bonchev–Trinajstić information content (AvgIpc) is 2.72. The Balaban J connectivity index is 2.37. The topological polar surface area (TPSA) is 84.7 Å². The second-order valence-electron chi connectivity index (χ2n) is 6.46. The minimum absolute atomic E-state index is 0.299. The summed E-state index contributed by atoms with van der Waals surface area (Å²) in [6.45, 7) is 8.25. The van der Waals surface area contributed by atoms with Gasteiger partial charge in [0.1, 0.15) is 11.5 Å². The number of pyridine rings is 1. The molecule has 0 aliphatic rings. The van der Waals surface area contributed by atoms with Crippen molar-refractivity contribution in [3.63, 3.8) is 0 Å². The molecule has 2 radical (unpaired) electrons. The molecule has 0 aliphatic carbocycles. The van der Waals surface area contributed by atoms with Crippen LogP contribution in [0.1, 0.15) is 30.7 Å². The van der Waals surface area contributed by atoms with Crippen LogP contribution in [0.3, 0.4) is 0 Å². The summed E-state index contributed by atoms with van der Waals surface area (Å²) in [5.74, 6) is 2.14. The van der Waals surface area contributed by atoms with Crippen molar-refractivity contribution in [2.75, 3.05) is 17.6 Å². The molecule has 0 amide bonds. The van der Waals surface area contributed by atoms with Crippen molar-refractivity contribution in [2.24, 2.45) is 23.2 Å². The molecule has 0 fully saturated rings. The zero-order valence-electron chi connectivity index (χ0n) is 15.2. The summed E-state index contributed by atoms with van der Waals surface area (Å²) in [7, 11) is 9.27. The van der Waals surface area contributed by atoms with Gasteiger partial charge >= 0.3 is 0 Å². The lowest BCUT2D eigenvalue weighted by Gasteiger charge is -2.14. The van der Waals surface area contributed by atoms with Crippen LogP contribution in [0.25, 0.3) is 0 Å². The van der Waals surface area contributed by atoms with Crippen molar-refractivity contribution < 1.29 is 0 Å². The molecule has 24 heavy (non-hydrogen) atoms. The number of aromatic nitrogens is 3. The Morgan fingerprint density at radius 2 is 2.00 bits per heavy atom. The van der Waals surface area contributed by atoms with Gasteiger partial charge in [0.15, 0.2) is 11.6 Å². The van der Waals surface area contributed by atoms with Crippen LogP contribution in [-0.2, 0) is 13.5 Å². The van der Waals surface area contributed by atoms with E-state index in [1.807, 2.05) is 27.0 Å². The summed E-state index contributed by atoms with van der Waals surface area (Å²) in [6.07, 6.45) is 0.912. The summed E-state index contributed by atoms with van der Waals surface area (Å²) in [5, 5.41) is 13.2. The Labute approximate surface area is 144 Å². The fraction of sp³-hybridized carbons (Fsp3) is 0.500. The standard InChI is InChI=1S/C16H24BN7/c1-9(2)7-12-11(4)16(24(6)22-12)21-20-14-10(3)8-13(23(5)17)19-15(14)18/h8-9H,7H2,1-6H3,(H2,18,19). The van der Waals surface area contributed by atoms with E-state index in [-0.39, 0.29) is 0 Å². The number of nitrogen functional groups attached to an aromatic ring is 1. The average molecular weight is 325 g/mol. The molecular formula is C16H24BN7. The van der Waals surface area contributed by atoms with Crippen molar-refractivity contribution >= 4 is 31.1 Å². The highest BCUT2D eigenvalue weighted by atomic mass is 15.3. The fourth-order valence-corrected chi connectivity index (χ4v) is 2.48. The fourth-order valence-electron chi connectivity index (χ4n) is 2.48. The van der Waals surface area contributed by atoms with Gasteiger partial charge in [-0.2, -0.15) is 5.10 Å². The second kappa shape index (κ2) is 7.03. The van der Waals surface area contributed by atoms with Gasteiger partial charge in [-0.25, -0.2) is 9.67 Å². The van der Waals surface area contributed by atoms with Gasteiger partial charge in [0.05, 0.1) is 5.69 Å². The number of aryl methyl sites for hydroxylation is 2. The van der Waals surface area contributed by atoms with Gasteiger partial charge in [-0.05, 0) is 44.9 Å². The van der Waals surface area contributed by atoms with E-state index in [4.69, 9.17) is 13.7 Å². The molecule has 0 saturated heterocycles. The number of nitrogens with two attached hydrogens (primary N) is 1. The highest BCUT2D eigenvalue weighted by molar-refractivity contribution is 6.17. The van der Waals surface area contributed by atoms with Crippen molar-refractivity contribution in [3.8, 4) is 0 Å². The van der Waals surface area contributed by atoms with Crippen LogP contribution in [0.2, 0.25) is 0 Å². The third-order valence-corrected chi connectivity index (χ3v) is 3.75. The maximum Gasteiger partial charge on any atom is 0.228 e. The largest absolute Gasteiger partial charge is 0.413 e. The minimum atomic E-state index is 0.299. The highest BCUT2D eigenvalue weighted by Crippen LogP contribution is 2.31. The first-order valence-electron chi connectivity index (χ1n) is 7.90. The van der Waals surface area contributed by atoms with Gasteiger partial charge in [-0.1, -0.05) is 13.8 Å². The molecule has 0 saturated carbocycles. The summed E-state index contributed by atoms with van der Waals surface area (Å²) < 4.78 is 1.75. The molecule has 0 aliphatic heterocycles. The van der Waals surface area contributed by atoms with E-state index in [9.17, 15) is 0 Å². The minimum Gasteiger partial charge on any atom is -0.413 e. The van der Waals surface area contributed by atoms with Gasteiger partial charge in [-0.15, -0.1) is 10.2 Å². The molecule has 7 nitrogen and oxygen atoms in total. The Morgan fingerprint density at radius 1 is 1.33 bits per heavy atom. The number of azo groups is 1. The molecule has 0 atom stereocenters. The summed E-state index contributed by atoms with van der Waals surface area (Å²) in [4.78, 5) is 5.65. The molecule has 0 unspecified atom stereocenters. The van der Waals surface area contributed by atoms with Gasteiger partial charge in [0.25, 0.3) is 0 Å². The maximum absolute atomic E-state index is 6.00. The Hall–Kier alpha value is -2.38. The maximum atomic E-state index is 6.00. The van der Waals surface area contributed by atoms with Gasteiger partial charge in [0, 0.05) is 12.6 Å². The molecule has 2 aromatic rings. The van der Waals surface area contributed by atoms with E-state index in [0.717, 1.165) is 29.1 Å². The van der Waals surface area contributed by atoms with E-state index < -0.39 is 0 Å². The smallest absolute Gasteiger partial charge is 0.228 e. The lowest BCUT2D eigenvalue weighted by atomic mass is 10.1. The Kier molecular flexibility index (Phi) is 5.26. The van der Waals surface area contributed by atoms with Gasteiger partial charge < -0.3 is 10.5 Å². The van der Waals surface area contributed by atoms with Crippen LogP contribution < -0.4 is 10.5 Å². The molecule has 0 aromatic carbocycles. The summed E-state index contributed by atoms with van der Waals surface area (Å²) in [5.41, 5.74) is 9.50. The van der Waals surface area contributed by atoms with Gasteiger partial charge in [0.2, 0.25) is 7.98 Å². The third-order valence-electron chi connectivity index (χ3n) is 3.75. The van der Waals surface area contributed by atoms with Crippen molar-refractivity contribution in [1.82, 2.24) is 14.8 Å². The summed E-state index contributed by atoms with van der Waals surface area (Å²) in [6, 6.07) is 1.82. The predicted octanol–water partition coefficient (Wildman–Crippen LogP) is 3.15. The molecule has 126 valence electrons. The molecular weight excluding hydrogens is 301 g/mol. The number of rotatable bonds is 5. The Morgan fingerprint density at radius 3 is 2.54 bits per heavy atom. The van der Waals surface area contributed by atoms with Crippen LogP contribution >= 0.6 is 0 Å². The number of hydrogen-bond donors (Lipinski definition) is 1. The zero-order chi connectivity index (χ0) is 18.0. The van der Waals surface area contributed by atoms with E-state index in [0.29, 0.717) is 23.2 Å². The van der Waals surface area contributed by atoms with Crippen LogP contribution in [0, 0.1) is 19.8 Å². The molecule has 8 heteroatoms. The normalized spacial score (nSPS) is 11.6. The molecule has 0 spiro atoms. The summed E-state index contributed by atoms with van der Waals surface area (Å²) >= 11 is 0. The second-order valence-corrected chi connectivity index (χ2v) is 6.46. The molecule has 0 bridgehead atoms.